The predicted octanol–water partition coefficient (Wildman–Crippen LogP) is 12.3. The van der Waals surface area contributed by atoms with E-state index in [1.54, 1.807) is 12.1 Å². The van der Waals surface area contributed by atoms with Crippen molar-refractivity contribution in [3.63, 3.8) is 0 Å². The van der Waals surface area contributed by atoms with E-state index in [4.69, 9.17) is 9.47 Å². The van der Waals surface area contributed by atoms with Crippen molar-refractivity contribution in [1.82, 2.24) is 9.80 Å². The molecule has 6 aromatic rings. The highest BCUT2D eigenvalue weighted by Crippen LogP contribution is 2.37. The maximum absolute atomic E-state index is 9.74. The Kier molecular flexibility index (Phi) is 18.1. The summed E-state index contributed by atoms with van der Waals surface area (Å²) >= 11 is 0. The lowest BCUT2D eigenvalue weighted by Gasteiger charge is -2.17. The number of allylic oxidation sites excluding steroid dienone is 2. The summed E-state index contributed by atoms with van der Waals surface area (Å²) in [6, 6.07) is 56.0. The van der Waals surface area contributed by atoms with E-state index in [0.29, 0.717) is 13.2 Å². The Labute approximate surface area is 348 Å². The molecule has 0 aliphatic heterocycles. The molecule has 0 heterocycles. The number of rotatable bonds is 16. The Morgan fingerprint density at radius 2 is 0.707 bits per heavy atom. The molecule has 0 amide bonds. The van der Waals surface area contributed by atoms with Crippen LogP contribution in [0.3, 0.4) is 0 Å². The highest BCUT2D eigenvalue weighted by molar-refractivity contribution is 5.99. The quantitative estimate of drug-likeness (QED) is 0.0992. The molecule has 0 aromatic heterocycles. The Morgan fingerprint density at radius 1 is 0.414 bits per heavy atom. The average molecular weight is 775 g/mol. The second-order valence-corrected chi connectivity index (χ2v) is 14.4. The summed E-state index contributed by atoms with van der Waals surface area (Å²) in [7, 11) is 8.19. The number of ether oxygens (including phenoxy) is 2. The molecule has 0 aliphatic rings. The maximum atomic E-state index is 9.74. The van der Waals surface area contributed by atoms with Gasteiger partial charge in [0.2, 0.25) is 0 Å². The first-order valence-electron chi connectivity index (χ1n) is 19.9. The smallest absolute Gasteiger partial charge is 0.119 e. The van der Waals surface area contributed by atoms with Gasteiger partial charge in [-0.3, -0.25) is 0 Å². The summed E-state index contributed by atoms with van der Waals surface area (Å²) in [5.41, 5.74) is 12.3. The van der Waals surface area contributed by atoms with E-state index in [9.17, 15) is 5.11 Å². The Bertz CT molecular complexity index is 2120. The zero-order valence-corrected chi connectivity index (χ0v) is 34.5. The first-order valence-corrected chi connectivity index (χ1v) is 19.9. The molecule has 0 unspecified atom stereocenters. The number of aromatic hydroxyl groups is 1. The predicted molar refractivity (Wildman–Crippen MR) is 248 cm³/mol. The molecule has 5 nitrogen and oxygen atoms in total. The van der Waals surface area contributed by atoms with Gasteiger partial charge in [0, 0.05) is 13.1 Å². The molecule has 0 fully saturated rings. The molecule has 0 spiro atoms. The van der Waals surface area contributed by atoms with E-state index in [-0.39, 0.29) is 13.2 Å². The molecular formula is C53H62N2O3. The topological polar surface area (TPSA) is 45.2 Å². The molecule has 0 bridgehead atoms. The van der Waals surface area contributed by atoms with Gasteiger partial charge in [0.15, 0.2) is 0 Å². The highest BCUT2D eigenvalue weighted by Gasteiger charge is 2.15. The Morgan fingerprint density at radius 3 is 1.02 bits per heavy atom. The van der Waals surface area contributed by atoms with E-state index in [1.165, 1.54) is 44.5 Å². The van der Waals surface area contributed by atoms with Crippen LogP contribution in [0.4, 0.5) is 0 Å². The maximum Gasteiger partial charge on any atom is 0.119 e. The fraction of sp³-hybridized carbons (Fsp3) is 0.245. The molecule has 5 heteroatoms. The van der Waals surface area contributed by atoms with Crippen molar-refractivity contribution < 1.29 is 14.6 Å². The van der Waals surface area contributed by atoms with Crippen LogP contribution in [0, 0.1) is 0 Å². The largest absolute Gasteiger partial charge is 0.508 e. The van der Waals surface area contributed by atoms with Gasteiger partial charge in [-0.05, 0) is 133 Å². The molecule has 0 saturated heterocycles. The number of benzene rings is 6. The van der Waals surface area contributed by atoms with Crippen molar-refractivity contribution in [3.05, 3.63) is 197 Å². The molecule has 6 rings (SSSR count). The van der Waals surface area contributed by atoms with E-state index in [0.717, 1.165) is 48.6 Å². The standard InChI is InChI=1S/C26H29NO2.C26H29NO.CH4/c1-4-25(20-8-6-5-7-9-20)26(21-10-14-23(28)15-11-21)22-12-16-24(17-13-22)29-19-18-27(2)3;1-4-25(21-11-7-5-8-12-21)26(22-13-9-6-10-14-22)23-15-17-24(18-16-23)28-20-19-27(2)3;/h5-17,28H,4,18-19H2,1-3H3;5-18H,4,19-20H2,1-3H3;1H4/b2*26-25-;. The number of nitrogens with zero attached hydrogens (tertiary/aromatic N) is 2. The van der Waals surface area contributed by atoms with Crippen LogP contribution >= 0.6 is 0 Å². The normalized spacial score (nSPS) is 11.8. The van der Waals surface area contributed by atoms with Crippen LogP contribution in [-0.4, -0.2) is 69.4 Å². The van der Waals surface area contributed by atoms with Gasteiger partial charge >= 0.3 is 0 Å². The zero-order valence-electron chi connectivity index (χ0n) is 34.5. The summed E-state index contributed by atoms with van der Waals surface area (Å²) in [5, 5.41) is 9.74. The first kappa shape index (κ1) is 44.8. The summed E-state index contributed by atoms with van der Waals surface area (Å²) in [4.78, 5) is 4.23. The third-order valence-electron chi connectivity index (χ3n) is 9.67. The first-order chi connectivity index (χ1) is 27.8. The number of hydrogen-bond donors (Lipinski definition) is 1. The van der Waals surface area contributed by atoms with E-state index >= 15 is 0 Å². The zero-order chi connectivity index (χ0) is 40.4. The monoisotopic (exact) mass is 774 g/mol. The van der Waals surface area contributed by atoms with Gasteiger partial charge in [-0.1, -0.05) is 149 Å². The van der Waals surface area contributed by atoms with Crippen LogP contribution in [0.25, 0.3) is 22.3 Å². The molecule has 0 aliphatic carbocycles. The molecule has 0 radical (unpaired) electrons. The van der Waals surface area contributed by atoms with Gasteiger partial charge in [0.1, 0.15) is 30.5 Å². The highest BCUT2D eigenvalue weighted by atomic mass is 16.5. The van der Waals surface area contributed by atoms with Crippen LogP contribution in [0.15, 0.2) is 164 Å². The molecule has 58 heavy (non-hydrogen) atoms. The van der Waals surface area contributed by atoms with Crippen molar-refractivity contribution in [3.8, 4) is 17.2 Å². The number of hydrogen-bond acceptors (Lipinski definition) is 5. The van der Waals surface area contributed by atoms with Gasteiger partial charge in [0.25, 0.3) is 0 Å². The Hall–Kier alpha value is -5.88. The van der Waals surface area contributed by atoms with Crippen molar-refractivity contribution in [1.29, 1.82) is 0 Å². The van der Waals surface area contributed by atoms with Crippen LogP contribution in [0.2, 0.25) is 0 Å². The van der Waals surface area contributed by atoms with Gasteiger partial charge in [-0.15, -0.1) is 0 Å². The summed E-state index contributed by atoms with van der Waals surface area (Å²) < 4.78 is 11.7. The van der Waals surface area contributed by atoms with Gasteiger partial charge in [-0.2, -0.15) is 0 Å². The fourth-order valence-electron chi connectivity index (χ4n) is 6.72. The van der Waals surface area contributed by atoms with Gasteiger partial charge in [-0.25, -0.2) is 0 Å². The van der Waals surface area contributed by atoms with Crippen LogP contribution in [0.1, 0.15) is 67.5 Å². The number of likely N-dealkylation sites (N-methyl/N-ethyl adjacent to an activating group) is 2. The lowest BCUT2D eigenvalue weighted by Crippen LogP contribution is -2.19. The van der Waals surface area contributed by atoms with Crippen LogP contribution in [0.5, 0.6) is 17.2 Å². The molecule has 6 aromatic carbocycles. The SMILES string of the molecule is C.CC/C(=C(\c1ccc(O)cc1)c1ccc(OCCN(C)C)cc1)c1ccccc1.CC/C(=C(\c1ccccc1)c1ccc(OCCN(C)C)cc1)c1ccccc1. The molecule has 302 valence electrons. The van der Waals surface area contributed by atoms with Crippen molar-refractivity contribution in [2.45, 2.75) is 34.1 Å². The number of phenolic OH excluding ortho intramolecular Hbond substituents is 1. The van der Waals surface area contributed by atoms with Gasteiger partial charge < -0.3 is 24.4 Å². The average Bonchev–Trinajstić information content (AvgIpc) is 3.24. The minimum Gasteiger partial charge on any atom is -0.508 e. The van der Waals surface area contributed by atoms with Crippen molar-refractivity contribution in [2.75, 3.05) is 54.5 Å². The third kappa shape index (κ3) is 13.1. The molecule has 0 saturated carbocycles. The van der Waals surface area contributed by atoms with Crippen molar-refractivity contribution in [2.24, 2.45) is 0 Å². The minimum atomic E-state index is 0. The molecule has 1 N–H and O–H groups in total. The number of phenols is 1. The second kappa shape index (κ2) is 23.4. The van der Waals surface area contributed by atoms with E-state index in [2.05, 4.69) is 159 Å². The summed E-state index contributed by atoms with van der Waals surface area (Å²) in [5.74, 6) is 2.06. The lowest BCUT2D eigenvalue weighted by atomic mass is 9.88. The van der Waals surface area contributed by atoms with Gasteiger partial charge in [0.05, 0.1) is 0 Å². The second-order valence-electron chi connectivity index (χ2n) is 14.4. The van der Waals surface area contributed by atoms with Crippen molar-refractivity contribution >= 4 is 22.3 Å². The summed E-state index contributed by atoms with van der Waals surface area (Å²) in [6.07, 6.45) is 1.87. The van der Waals surface area contributed by atoms with Crippen LogP contribution in [-0.2, 0) is 0 Å². The third-order valence-corrected chi connectivity index (χ3v) is 9.67. The van der Waals surface area contributed by atoms with Crippen LogP contribution < -0.4 is 9.47 Å². The summed E-state index contributed by atoms with van der Waals surface area (Å²) in [6.45, 7) is 7.56. The fourth-order valence-corrected chi connectivity index (χ4v) is 6.72. The molecular weight excluding hydrogens is 713 g/mol. The minimum absolute atomic E-state index is 0. The lowest BCUT2D eigenvalue weighted by molar-refractivity contribution is 0.261. The molecule has 0 atom stereocenters. The van der Waals surface area contributed by atoms with E-state index < -0.39 is 0 Å². The Balaban J connectivity index is 0.000000252. The van der Waals surface area contributed by atoms with E-state index in [1.807, 2.05) is 44.4 Å².